The van der Waals surface area contributed by atoms with Gasteiger partial charge < -0.3 is 5.11 Å². The Bertz CT molecular complexity index is 56.4. The van der Waals surface area contributed by atoms with Crippen molar-refractivity contribution in [3.8, 4) is 0 Å². The van der Waals surface area contributed by atoms with E-state index in [1.807, 2.05) is 0 Å². The molecule has 0 aliphatic rings. The van der Waals surface area contributed by atoms with Crippen LogP contribution in [-0.4, -0.2) is 36.4 Å². The highest BCUT2D eigenvalue weighted by molar-refractivity contribution is 4.46. The third-order valence-electron chi connectivity index (χ3n) is 1.07. The van der Waals surface area contributed by atoms with Gasteiger partial charge in [0.25, 0.3) is 0 Å². The van der Waals surface area contributed by atoms with Crippen LogP contribution in [0.5, 0.6) is 0 Å². The summed E-state index contributed by atoms with van der Waals surface area (Å²) in [5.41, 5.74) is 0. The average Bonchev–Trinajstić information content (AvgIpc) is 1.67. The fraction of sp³-hybridized carbons (Fsp3) is 1.00. The van der Waals surface area contributed by atoms with E-state index in [4.69, 9.17) is 5.11 Å². The minimum Gasteiger partial charge on any atom is -0.395 e. The van der Waals surface area contributed by atoms with Crippen LogP contribution in [0.25, 0.3) is 0 Å². The number of nitrogens with zero attached hydrogens (tertiary/aromatic N) is 1. The molecule has 0 aliphatic carbocycles. The van der Waals surface area contributed by atoms with Crippen LogP contribution in [0.4, 0.5) is 0 Å². The lowest BCUT2D eigenvalue weighted by atomic mass is 10.5. The van der Waals surface area contributed by atoms with Crippen molar-refractivity contribution in [3.05, 3.63) is 0 Å². The molecular weight excluding hydrogens is 106 g/mol. The summed E-state index contributed by atoms with van der Waals surface area (Å²) in [7, 11) is 1.69. The summed E-state index contributed by atoms with van der Waals surface area (Å²) in [6.07, 6.45) is -0.706. The zero-order chi connectivity index (χ0) is 6.57. The maximum atomic E-state index is 10.4. The maximum Gasteiger partial charge on any atom is 0.143 e. The fourth-order valence-corrected chi connectivity index (χ4v) is 0.340. The van der Waals surface area contributed by atoms with Gasteiger partial charge in [-0.15, -0.1) is 0 Å². The molecule has 3 heteroatoms. The Morgan fingerprint density at radius 2 is 2.25 bits per heavy atom. The van der Waals surface area contributed by atoms with E-state index in [0.717, 1.165) is 0 Å². The summed E-state index contributed by atoms with van der Waals surface area (Å²) < 4.78 is 0. The van der Waals surface area contributed by atoms with Crippen LogP contribution in [-0.2, 0) is 5.11 Å². The van der Waals surface area contributed by atoms with E-state index in [-0.39, 0.29) is 6.61 Å². The Morgan fingerprint density at radius 3 is 2.38 bits per heavy atom. The second kappa shape index (κ2) is 3.83. The van der Waals surface area contributed by atoms with Gasteiger partial charge in [0, 0.05) is 6.54 Å². The van der Waals surface area contributed by atoms with Gasteiger partial charge in [-0.3, -0.25) is 4.90 Å². The molecule has 1 N–H and O–H groups in total. The van der Waals surface area contributed by atoms with Gasteiger partial charge in [0.2, 0.25) is 0 Å². The number of aliphatic hydroxyl groups excluding tert-OH is 1. The first kappa shape index (κ1) is 7.88. The van der Waals surface area contributed by atoms with Crippen LogP contribution in [0.15, 0.2) is 0 Å². The molecule has 0 spiro atoms. The monoisotopic (exact) mass is 118 g/mol. The van der Waals surface area contributed by atoms with Gasteiger partial charge in [0.15, 0.2) is 0 Å². The molecule has 1 unspecified atom stereocenters. The van der Waals surface area contributed by atoms with Crippen LogP contribution in [0.2, 0.25) is 0 Å². The van der Waals surface area contributed by atoms with Crippen molar-refractivity contribution in [1.82, 2.24) is 4.90 Å². The lowest BCUT2D eigenvalue weighted by molar-refractivity contribution is -0.0257. The minimum atomic E-state index is -0.706. The summed E-state index contributed by atoms with van der Waals surface area (Å²) in [5, 5.41) is 18.7. The highest BCUT2D eigenvalue weighted by Crippen LogP contribution is 1.87. The topological polar surface area (TPSA) is 43.4 Å². The van der Waals surface area contributed by atoms with E-state index in [1.54, 1.807) is 18.9 Å². The smallest absolute Gasteiger partial charge is 0.143 e. The third kappa shape index (κ3) is 2.96. The molecule has 0 fully saturated rings. The second-order valence-electron chi connectivity index (χ2n) is 1.80. The van der Waals surface area contributed by atoms with Crippen LogP contribution in [0, 0.1) is 0 Å². The first-order valence-electron chi connectivity index (χ1n) is 2.65. The molecule has 0 rings (SSSR count). The normalized spacial score (nSPS) is 14.6. The van der Waals surface area contributed by atoms with Crippen LogP contribution in [0.3, 0.4) is 0 Å². The summed E-state index contributed by atoms with van der Waals surface area (Å²) >= 11 is 0. The fourth-order valence-electron chi connectivity index (χ4n) is 0.340. The summed E-state index contributed by atoms with van der Waals surface area (Å²) in [4.78, 5) is 1.54. The Labute approximate surface area is 49.5 Å². The number of rotatable bonds is 3. The molecule has 0 aromatic rings. The number of hydrogen-bond acceptors (Lipinski definition) is 2. The molecule has 8 heavy (non-hydrogen) atoms. The Hall–Kier alpha value is -0.120. The SMILES string of the molecule is CC([O])N(C)CCO. The maximum absolute atomic E-state index is 10.4. The van der Waals surface area contributed by atoms with Crippen molar-refractivity contribution in [3.63, 3.8) is 0 Å². The first-order chi connectivity index (χ1) is 3.68. The van der Waals surface area contributed by atoms with E-state index >= 15 is 0 Å². The van der Waals surface area contributed by atoms with E-state index in [2.05, 4.69) is 0 Å². The van der Waals surface area contributed by atoms with E-state index < -0.39 is 6.23 Å². The number of likely N-dealkylation sites (N-methyl/N-ethyl adjacent to an activating group) is 1. The number of hydrogen-bond donors (Lipinski definition) is 1. The molecule has 0 saturated heterocycles. The van der Waals surface area contributed by atoms with Crippen LogP contribution in [0.1, 0.15) is 6.92 Å². The van der Waals surface area contributed by atoms with Crippen molar-refractivity contribution in [2.24, 2.45) is 0 Å². The van der Waals surface area contributed by atoms with Crippen molar-refractivity contribution < 1.29 is 10.2 Å². The predicted octanol–water partition coefficient (Wildman–Crippen LogP) is -0.313. The molecule has 0 amide bonds. The molecule has 0 aliphatic heterocycles. The van der Waals surface area contributed by atoms with Gasteiger partial charge in [0.05, 0.1) is 6.61 Å². The first-order valence-corrected chi connectivity index (χ1v) is 2.65. The highest BCUT2D eigenvalue weighted by atomic mass is 16.3. The molecule has 0 aromatic carbocycles. The van der Waals surface area contributed by atoms with Gasteiger partial charge in [-0.25, -0.2) is 5.11 Å². The highest BCUT2D eigenvalue weighted by Gasteiger charge is 2.02. The predicted molar refractivity (Wildman–Crippen MR) is 29.9 cm³/mol. The van der Waals surface area contributed by atoms with Gasteiger partial charge >= 0.3 is 0 Å². The Morgan fingerprint density at radius 1 is 1.75 bits per heavy atom. The second-order valence-corrected chi connectivity index (χ2v) is 1.80. The molecule has 0 heterocycles. The summed E-state index contributed by atoms with van der Waals surface area (Å²) in [6.45, 7) is 2.07. The quantitative estimate of drug-likeness (QED) is 0.516. The van der Waals surface area contributed by atoms with E-state index in [9.17, 15) is 5.11 Å². The minimum absolute atomic E-state index is 0.0586. The number of aliphatic hydroxyl groups is 1. The van der Waals surface area contributed by atoms with E-state index in [1.165, 1.54) is 0 Å². The molecule has 1 radical (unpaired) electrons. The van der Waals surface area contributed by atoms with Crippen LogP contribution >= 0.6 is 0 Å². The molecule has 3 nitrogen and oxygen atoms in total. The van der Waals surface area contributed by atoms with Gasteiger partial charge in [-0.05, 0) is 14.0 Å². The molecular formula is C5H12NO2. The standard InChI is InChI=1S/C5H12NO2/c1-5(8)6(2)3-4-7/h5,7H,3-4H2,1-2H3. The van der Waals surface area contributed by atoms with Gasteiger partial charge in [-0.1, -0.05) is 0 Å². The van der Waals surface area contributed by atoms with Crippen molar-refractivity contribution in [1.29, 1.82) is 0 Å². The summed E-state index contributed by atoms with van der Waals surface area (Å²) in [6, 6.07) is 0. The van der Waals surface area contributed by atoms with Crippen molar-refractivity contribution >= 4 is 0 Å². The van der Waals surface area contributed by atoms with Crippen LogP contribution < -0.4 is 0 Å². The lowest BCUT2D eigenvalue weighted by Gasteiger charge is -2.15. The molecule has 0 aromatic heterocycles. The zero-order valence-electron chi connectivity index (χ0n) is 5.29. The average molecular weight is 118 g/mol. The molecule has 0 bridgehead atoms. The molecule has 1 atom stereocenters. The van der Waals surface area contributed by atoms with Gasteiger partial charge in [-0.2, -0.15) is 0 Å². The summed E-state index contributed by atoms with van der Waals surface area (Å²) in [5.74, 6) is 0. The Balaban J connectivity index is 3.17. The zero-order valence-corrected chi connectivity index (χ0v) is 5.29. The molecule has 0 saturated carbocycles. The largest absolute Gasteiger partial charge is 0.395 e. The molecule has 49 valence electrons. The third-order valence-corrected chi connectivity index (χ3v) is 1.07. The van der Waals surface area contributed by atoms with Crippen molar-refractivity contribution in [2.45, 2.75) is 13.2 Å². The van der Waals surface area contributed by atoms with Gasteiger partial charge in [0.1, 0.15) is 6.23 Å². The van der Waals surface area contributed by atoms with Crippen molar-refractivity contribution in [2.75, 3.05) is 20.2 Å². The van der Waals surface area contributed by atoms with E-state index in [0.29, 0.717) is 6.54 Å². The Kier molecular flexibility index (Phi) is 3.77. The lowest BCUT2D eigenvalue weighted by Crippen LogP contribution is -2.30.